The number of halogens is 1. The van der Waals surface area contributed by atoms with Crippen LogP contribution in [0.25, 0.3) is 0 Å². The molecule has 0 aliphatic carbocycles. The van der Waals surface area contributed by atoms with Crippen molar-refractivity contribution in [1.29, 1.82) is 0 Å². The van der Waals surface area contributed by atoms with Crippen molar-refractivity contribution in [3.8, 4) is 0 Å². The molecular formula is C14H17FN2S. The molecule has 0 fully saturated rings. The molecule has 1 aromatic carbocycles. The largest absolute Gasteiger partial charge is 0.305 e. The van der Waals surface area contributed by atoms with Crippen LogP contribution in [0.2, 0.25) is 0 Å². The van der Waals surface area contributed by atoms with Gasteiger partial charge in [0.15, 0.2) is 0 Å². The first-order valence-electron chi connectivity index (χ1n) is 6.11. The zero-order valence-corrected chi connectivity index (χ0v) is 11.4. The van der Waals surface area contributed by atoms with Crippen LogP contribution in [0.5, 0.6) is 0 Å². The van der Waals surface area contributed by atoms with E-state index in [2.05, 4.69) is 29.5 Å². The Bertz CT molecular complexity index is 493. The third-order valence-corrected chi connectivity index (χ3v) is 3.90. The van der Waals surface area contributed by atoms with Crippen LogP contribution in [0.15, 0.2) is 29.6 Å². The van der Waals surface area contributed by atoms with Crippen LogP contribution in [-0.2, 0) is 13.0 Å². The van der Waals surface area contributed by atoms with Gasteiger partial charge in [0.2, 0.25) is 0 Å². The summed E-state index contributed by atoms with van der Waals surface area (Å²) in [6.07, 6.45) is 0.984. The van der Waals surface area contributed by atoms with Gasteiger partial charge in [-0.05, 0) is 31.0 Å². The third-order valence-electron chi connectivity index (χ3n) is 2.86. The lowest BCUT2D eigenvalue weighted by Gasteiger charge is -2.13. The maximum Gasteiger partial charge on any atom is 0.123 e. The van der Waals surface area contributed by atoms with Crippen LogP contribution in [0, 0.1) is 5.82 Å². The van der Waals surface area contributed by atoms with E-state index in [0.717, 1.165) is 24.2 Å². The molecule has 0 bridgehead atoms. The molecule has 2 aromatic rings. The molecule has 1 N–H and O–H groups in total. The van der Waals surface area contributed by atoms with Crippen molar-refractivity contribution in [1.82, 2.24) is 10.3 Å². The van der Waals surface area contributed by atoms with Gasteiger partial charge in [-0.2, -0.15) is 0 Å². The van der Waals surface area contributed by atoms with Crippen molar-refractivity contribution >= 4 is 11.3 Å². The first-order chi connectivity index (χ1) is 8.69. The summed E-state index contributed by atoms with van der Waals surface area (Å²) in [5, 5.41) is 6.65. The second-order valence-electron chi connectivity index (χ2n) is 4.24. The van der Waals surface area contributed by atoms with Gasteiger partial charge in [0.1, 0.15) is 5.82 Å². The van der Waals surface area contributed by atoms with Crippen molar-refractivity contribution in [2.75, 3.05) is 0 Å². The SMILES string of the molecule is CCc1nc(CN[C@@H](C)c2ccc(F)cc2)cs1. The van der Waals surface area contributed by atoms with Crippen LogP contribution in [0.3, 0.4) is 0 Å². The fourth-order valence-corrected chi connectivity index (χ4v) is 2.46. The third kappa shape index (κ3) is 3.37. The minimum atomic E-state index is -0.196. The molecule has 0 spiro atoms. The molecule has 2 nitrogen and oxygen atoms in total. The van der Waals surface area contributed by atoms with E-state index in [1.165, 1.54) is 17.1 Å². The fourth-order valence-electron chi connectivity index (χ4n) is 1.72. The maximum absolute atomic E-state index is 12.8. The van der Waals surface area contributed by atoms with E-state index in [1.807, 2.05) is 12.1 Å². The Morgan fingerprint density at radius 3 is 2.67 bits per heavy atom. The van der Waals surface area contributed by atoms with Crippen molar-refractivity contribution in [3.05, 3.63) is 51.7 Å². The topological polar surface area (TPSA) is 24.9 Å². The molecule has 0 amide bonds. The highest BCUT2D eigenvalue weighted by Crippen LogP contribution is 2.15. The first kappa shape index (κ1) is 13.2. The highest BCUT2D eigenvalue weighted by atomic mass is 32.1. The number of rotatable bonds is 5. The van der Waals surface area contributed by atoms with Crippen molar-refractivity contribution in [2.24, 2.45) is 0 Å². The summed E-state index contributed by atoms with van der Waals surface area (Å²) in [6.45, 7) is 4.92. The molecule has 18 heavy (non-hydrogen) atoms. The molecule has 1 atom stereocenters. The monoisotopic (exact) mass is 264 g/mol. The Labute approximate surface area is 111 Å². The Hall–Kier alpha value is -1.26. The summed E-state index contributed by atoms with van der Waals surface area (Å²) in [5.41, 5.74) is 2.16. The quantitative estimate of drug-likeness (QED) is 0.890. The van der Waals surface area contributed by atoms with Crippen molar-refractivity contribution in [2.45, 2.75) is 32.9 Å². The van der Waals surface area contributed by atoms with E-state index in [9.17, 15) is 4.39 Å². The van der Waals surface area contributed by atoms with Gasteiger partial charge in [-0.1, -0.05) is 19.1 Å². The number of benzene rings is 1. The van der Waals surface area contributed by atoms with Crippen LogP contribution in [0.4, 0.5) is 4.39 Å². The van der Waals surface area contributed by atoms with Crippen LogP contribution in [0.1, 0.15) is 36.2 Å². The van der Waals surface area contributed by atoms with Gasteiger partial charge in [0.25, 0.3) is 0 Å². The predicted molar refractivity (Wildman–Crippen MR) is 73.1 cm³/mol. The van der Waals surface area contributed by atoms with Gasteiger partial charge >= 0.3 is 0 Å². The lowest BCUT2D eigenvalue weighted by atomic mass is 10.1. The average molecular weight is 264 g/mol. The van der Waals surface area contributed by atoms with E-state index in [0.29, 0.717) is 0 Å². The second kappa shape index (κ2) is 6.07. The Balaban J connectivity index is 1.91. The van der Waals surface area contributed by atoms with Gasteiger partial charge in [-0.3, -0.25) is 0 Å². The number of aromatic nitrogens is 1. The Morgan fingerprint density at radius 2 is 2.06 bits per heavy atom. The second-order valence-corrected chi connectivity index (χ2v) is 5.18. The maximum atomic E-state index is 12.8. The normalized spacial score (nSPS) is 12.6. The molecular weight excluding hydrogens is 247 g/mol. The lowest BCUT2D eigenvalue weighted by molar-refractivity contribution is 0.565. The van der Waals surface area contributed by atoms with E-state index in [4.69, 9.17) is 0 Å². The lowest BCUT2D eigenvalue weighted by Crippen LogP contribution is -2.18. The van der Waals surface area contributed by atoms with E-state index in [-0.39, 0.29) is 11.9 Å². The summed E-state index contributed by atoms with van der Waals surface area (Å²) in [7, 11) is 0. The molecule has 0 aliphatic rings. The number of hydrogen-bond acceptors (Lipinski definition) is 3. The Morgan fingerprint density at radius 1 is 1.33 bits per heavy atom. The molecule has 1 heterocycles. The van der Waals surface area contributed by atoms with Gasteiger partial charge in [0, 0.05) is 18.0 Å². The molecule has 0 saturated heterocycles. The smallest absolute Gasteiger partial charge is 0.123 e. The van der Waals surface area contributed by atoms with Gasteiger partial charge in [0.05, 0.1) is 10.7 Å². The molecule has 0 saturated carbocycles. The zero-order valence-electron chi connectivity index (χ0n) is 10.6. The number of thiazole rings is 1. The van der Waals surface area contributed by atoms with E-state index in [1.54, 1.807) is 11.3 Å². The zero-order chi connectivity index (χ0) is 13.0. The number of hydrogen-bond donors (Lipinski definition) is 1. The molecule has 1 aromatic heterocycles. The van der Waals surface area contributed by atoms with E-state index >= 15 is 0 Å². The molecule has 2 rings (SSSR count). The number of nitrogens with one attached hydrogen (secondary N) is 1. The summed E-state index contributed by atoms with van der Waals surface area (Å²) >= 11 is 1.70. The van der Waals surface area contributed by atoms with Crippen LogP contribution >= 0.6 is 11.3 Å². The van der Waals surface area contributed by atoms with Gasteiger partial charge in [-0.15, -0.1) is 11.3 Å². The molecule has 96 valence electrons. The summed E-state index contributed by atoms with van der Waals surface area (Å²) in [5.74, 6) is -0.196. The molecule has 0 radical (unpaired) electrons. The molecule has 0 aliphatic heterocycles. The summed E-state index contributed by atoms with van der Waals surface area (Å²) < 4.78 is 12.8. The molecule has 0 unspecified atom stereocenters. The fraction of sp³-hybridized carbons (Fsp3) is 0.357. The first-order valence-corrected chi connectivity index (χ1v) is 6.99. The minimum Gasteiger partial charge on any atom is -0.305 e. The summed E-state index contributed by atoms with van der Waals surface area (Å²) in [6, 6.07) is 6.80. The number of nitrogens with zero attached hydrogens (tertiary/aromatic N) is 1. The van der Waals surface area contributed by atoms with Crippen molar-refractivity contribution < 1.29 is 4.39 Å². The molecule has 4 heteroatoms. The minimum absolute atomic E-state index is 0.192. The highest BCUT2D eigenvalue weighted by Gasteiger charge is 2.06. The van der Waals surface area contributed by atoms with Crippen LogP contribution < -0.4 is 5.32 Å². The van der Waals surface area contributed by atoms with Gasteiger partial charge in [-0.25, -0.2) is 9.37 Å². The Kier molecular flexibility index (Phi) is 4.44. The van der Waals surface area contributed by atoms with Crippen LogP contribution in [-0.4, -0.2) is 4.98 Å². The number of aryl methyl sites for hydroxylation is 1. The highest BCUT2D eigenvalue weighted by molar-refractivity contribution is 7.09. The van der Waals surface area contributed by atoms with Gasteiger partial charge < -0.3 is 5.32 Å². The standard InChI is InChI=1S/C14H17FN2S/c1-3-14-17-13(9-18-14)8-16-10(2)11-4-6-12(15)7-5-11/h4-7,9-10,16H,3,8H2,1-2H3/t10-/m0/s1. The van der Waals surface area contributed by atoms with E-state index < -0.39 is 0 Å². The predicted octanol–water partition coefficient (Wildman–Crippen LogP) is 3.70. The van der Waals surface area contributed by atoms with Crippen molar-refractivity contribution in [3.63, 3.8) is 0 Å². The summed E-state index contributed by atoms with van der Waals surface area (Å²) in [4.78, 5) is 4.50. The average Bonchev–Trinajstić information content (AvgIpc) is 2.85.